The molecule has 1 aromatic heterocycles. The Balaban J connectivity index is 1.87. The second-order valence-corrected chi connectivity index (χ2v) is 5.02. The van der Waals surface area contributed by atoms with Crippen LogP contribution in [0.2, 0.25) is 5.02 Å². The molecule has 0 saturated heterocycles. The summed E-state index contributed by atoms with van der Waals surface area (Å²) >= 11 is 5.85. The summed E-state index contributed by atoms with van der Waals surface area (Å²) in [5.41, 5.74) is 7.70. The van der Waals surface area contributed by atoms with Crippen molar-refractivity contribution in [3.8, 4) is 11.4 Å². The first-order valence-electron chi connectivity index (χ1n) is 6.33. The van der Waals surface area contributed by atoms with Gasteiger partial charge in [-0.2, -0.15) is 5.10 Å². The summed E-state index contributed by atoms with van der Waals surface area (Å²) in [6.07, 6.45) is 0. The van der Waals surface area contributed by atoms with Crippen LogP contribution in [0.15, 0.2) is 48.5 Å². The van der Waals surface area contributed by atoms with Crippen LogP contribution in [-0.4, -0.2) is 15.2 Å². The third kappa shape index (κ3) is 2.94. The van der Waals surface area contributed by atoms with E-state index >= 15 is 0 Å². The number of benzene rings is 2. The van der Waals surface area contributed by atoms with Gasteiger partial charge in [0, 0.05) is 10.6 Å². The predicted molar refractivity (Wildman–Crippen MR) is 79.3 cm³/mol. The van der Waals surface area contributed by atoms with Crippen molar-refractivity contribution in [3.63, 3.8) is 0 Å². The number of hydrogen-bond acceptors (Lipinski definition) is 3. The number of H-pyrrole nitrogens is 1. The maximum atomic E-state index is 12.9. The molecule has 1 unspecified atom stereocenters. The highest BCUT2D eigenvalue weighted by molar-refractivity contribution is 6.30. The lowest BCUT2D eigenvalue weighted by Crippen LogP contribution is -2.13. The topological polar surface area (TPSA) is 67.6 Å². The third-order valence-corrected chi connectivity index (χ3v) is 3.38. The Kier molecular flexibility index (Phi) is 3.68. The van der Waals surface area contributed by atoms with E-state index in [2.05, 4.69) is 15.2 Å². The fourth-order valence-electron chi connectivity index (χ4n) is 1.97. The monoisotopic (exact) mass is 302 g/mol. The summed E-state index contributed by atoms with van der Waals surface area (Å²) in [5, 5.41) is 7.62. The van der Waals surface area contributed by atoms with Crippen LogP contribution in [0.5, 0.6) is 0 Å². The van der Waals surface area contributed by atoms with Crippen molar-refractivity contribution in [2.24, 2.45) is 5.73 Å². The van der Waals surface area contributed by atoms with Gasteiger partial charge in [-0.15, -0.1) is 0 Å². The van der Waals surface area contributed by atoms with Gasteiger partial charge in [-0.25, -0.2) is 9.37 Å². The average molecular weight is 303 g/mol. The molecule has 0 aliphatic carbocycles. The number of halogens is 2. The number of hydrogen-bond donors (Lipinski definition) is 2. The molecule has 1 heterocycles. The Hall–Kier alpha value is -2.24. The molecule has 0 saturated carbocycles. The molecule has 3 N–H and O–H groups in total. The zero-order valence-electron chi connectivity index (χ0n) is 10.9. The molecule has 0 radical (unpaired) electrons. The lowest BCUT2D eigenvalue weighted by molar-refractivity contribution is 0.626. The standard InChI is InChI=1S/C15H12ClFN4/c16-11-5-1-10(2-6-11)14-19-15(21-20-14)13(18)9-3-7-12(17)8-4-9/h1-8,13H,18H2,(H,19,20,21). The molecule has 0 aliphatic heterocycles. The Morgan fingerprint density at radius 3 is 2.38 bits per heavy atom. The van der Waals surface area contributed by atoms with E-state index in [1.54, 1.807) is 24.3 Å². The Morgan fingerprint density at radius 1 is 1.05 bits per heavy atom. The molecule has 106 valence electrons. The van der Waals surface area contributed by atoms with Gasteiger partial charge in [0.15, 0.2) is 5.82 Å². The highest BCUT2D eigenvalue weighted by atomic mass is 35.5. The van der Waals surface area contributed by atoms with Gasteiger partial charge in [-0.3, -0.25) is 5.10 Å². The second kappa shape index (κ2) is 5.63. The van der Waals surface area contributed by atoms with Crippen molar-refractivity contribution in [3.05, 3.63) is 70.8 Å². The van der Waals surface area contributed by atoms with Gasteiger partial charge in [-0.1, -0.05) is 23.7 Å². The molecule has 3 aromatic rings. The molecule has 3 rings (SSSR count). The lowest BCUT2D eigenvalue weighted by Gasteiger charge is -2.07. The van der Waals surface area contributed by atoms with E-state index in [-0.39, 0.29) is 5.82 Å². The largest absolute Gasteiger partial charge is 0.318 e. The van der Waals surface area contributed by atoms with Crippen molar-refractivity contribution >= 4 is 11.6 Å². The zero-order chi connectivity index (χ0) is 14.8. The highest BCUT2D eigenvalue weighted by Crippen LogP contribution is 2.21. The summed E-state index contributed by atoms with van der Waals surface area (Å²) < 4.78 is 12.9. The predicted octanol–water partition coefficient (Wildman–Crippen LogP) is 3.31. The molecule has 0 bridgehead atoms. The molecule has 21 heavy (non-hydrogen) atoms. The minimum Gasteiger partial charge on any atom is -0.318 e. The lowest BCUT2D eigenvalue weighted by atomic mass is 10.1. The minimum absolute atomic E-state index is 0.301. The van der Waals surface area contributed by atoms with Crippen molar-refractivity contribution in [2.45, 2.75) is 6.04 Å². The highest BCUT2D eigenvalue weighted by Gasteiger charge is 2.14. The van der Waals surface area contributed by atoms with Gasteiger partial charge in [0.2, 0.25) is 0 Å². The fourth-order valence-corrected chi connectivity index (χ4v) is 2.10. The minimum atomic E-state index is -0.487. The molecular weight excluding hydrogens is 291 g/mol. The molecule has 1 atom stereocenters. The van der Waals surface area contributed by atoms with Gasteiger partial charge >= 0.3 is 0 Å². The molecule has 2 aromatic carbocycles. The first-order valence-corrected chi connectivity index (χ1v) is 6.70. The maximum absolute atomic E-state index is 12.9. The molecule has 0 fully saturated rings. The van der Waals surface area contributed by atoms with Crippen LogP contribution in [0.1, 0.15) is 17.4 Å². The van der Waals surface area contributed by atoms with Gasteiger partial charge in [0.25, 0.3) is 0 Å². The van der Waals surface area contributed by atoms with Gasteiger partial charge in [0.05, 0.1) is 6.04 Å². The number of rotatable bonds is 3. The molecule has 0 amide bonds. The van der Waals surface area contributed by atoms with Gasteiger partial charge in [-0.05, 0) is 42.0 Å². The van der Waals surface area contributed by atoms with E-state index in [1.165, 1.54) is 12.1 Å². The summed E-state index contributed by atoms with van der Waals surface area (Å²) in [4.78, 5) is 4.38. The fraction of sp³-hybridized carbons (Fsp3) is 0.0667. The van der Waals surface area contributed by atoms with Crippen molar-refractivity contribution in [2.75, 3.05) is 0 Å². The van der Waals surface area contributed by atoms with E-state index in [4.69, 9.17) is 17.3 Å². The maximum Gasteiger partial charge on any atom is 0.181 e. The van der Waals surface area contributed by atoms with Crippen LogP contribution in [0.25, 0.3) is 11.4 Å². The van der Waals surface area contributed by atoms with E-state index < -0.39 is 6.04 Å². The van der Waals surface area contributed by atoms with Crippen molar-refractivity contribution < 1.29 is 4.39 Å². The number of nitrogens with one attached hydrogen (secondary N) is 1. The third-order valence-electron chi connectivity index (χ3n) is 3.13. The van der Waals surface area contributed by atoms with Crippen LogP contribution in [0.3, 0.4) is 0 Å². The number of nitrogens with zero attached hydrogens (tertiary/aromatic N) is 2. The molecule has 4 nitrogen and oxygen atoms in total. The Labute approximate surface area is 125 Å². The SMILES string of the molecule is NC(c1ccc(F)cc1)c1nc(-c2ccc(Cl)cc2)n[nH]1. The first-order chi connectivity index (χ1) is 10.1. The smallest absolute Gasteiger partial charge is 0.181 e. The summed E-state index contributed by atoms with van der Waals surface area (Å²) in [6.45, 7) is 0. The zero-order valence-corrected chi connectivity index (χ0v) is 11.7. The van der Waals surface area contributed by atoms with Crippen molar-refractivity contribution in [1.82, 2.24) is 15.2 Å². The summed E-state index contributed by atoms with van der Waals surface area (Å²) in [5.74, 6) is 0.760. The van der Waals surface area contributed by atoms with E-state index in [0.29, 0.717) is 16.7 Å². The number of nitrogens with two attached hydrogens (primary N) is 1. The van der Waals surface area contributed by atoms with E-state index in [9.17, 15) is 4.39 Å². The summed E-state index contributed by atoms with van der Waals surface area (Å²) in [6, 6.07) is 12.7. The normalized spacial score (nSPS) is 12.3. The molecule has 0 aliphatic rings. The Morgan fingerprint density at radius 2 is 1.71 bits per heavy atom. The quantitative estimate of drug-likeness (QED) is 0.780. The van der Waals surface area contributed by atoms with E-state index in [0.717, 1.165) is 11.1 Å². The van der Waals surface area contributed by atoms with Gasteiger partial charge in [0.1, 0.15) is 11.6 Å². The van der Waals surface area contributed by atoms with Gasteiger partial charge < -0.3 is 5.73 Å². The van der Waals surface area contributed by atoms with Crippen LogP contribution in [-0.2, 0) is 0 Å². The van der Waals surface area contributed by atoms with E-state index in [1.807, 2.05) is 12.1 Å². The molecular formula is C15H12ClFN4. The average Bonchev–Trinajstić information content (AvgIpc) is 2.98. The second-order valence-electron chi connectivity index (χ2n) is 4.58. The van der Waals surface area contributed by atoms with Crippen LogP contribution < -0.4 is 5.73 Å². The van der Waals surface area contributed by atoms with Crippen LogP contribution in [0.4, 0.5) is 4.39 Å². The first kappa shape index (κ1) is 13.7. The Bertz CT molecular complexity index is 737. The van der Waals surface area contributed by atoms with Crippen molar-refractivity contribution in [1.29, 1.82) is 0 Å². The number of aromatic nitrogens is 3. The molecule has 6 heteroatoms. The van der Waals surface area contributed by atoms with Crippen LogP contribution in [0, 0.1) is 5.82 Å². The molecule has 0 spiro atoms. The summed E-state index contributed by atoms with van der Waals surface area (Å²) in [7, 11) is 0. The number of aromatic amines is 1. The van der Waals surface area contributed by atoms with Crippen LogP contribution >= 0.6 is 11.6 Å².